The summed E-state index contributed by atoms with van der Waals surface area (Å²) in [4.78, 5) is 15.5. The van der Waals surface area contributed by atoms with Gasteiger partial charge in [-0.25, -0.2) is 0 Å². The summed E-state index contributed by atoms with van der Waals surface area (Å²) in [5.41, 5.74) is 3.88. The number of carbonyl (C=O) groups is 1. The molecule has 1 heterocycles. The van der Waals surface area contributed by atoms with E-state index >= 15 is 0 Å². The molecule has 0 spiro atoms. The van der Waals surface area contributed by atoms with Gasteiger partial charge in [0.15, 0.2) is 0 Å². The fraction of sp³-hybridized carbons (Fsp3) is 0.500. The lowest BCUT2D eigenvalue weighted by atomic mass is 9.92. The quantitative estimate of drug-likeness (QED) is 0.659. The zero-order chi connectivity index (χ0) is 21.5. The number of piperidine rings is 1. The molecule has 30 heavy (non-hydrogen) atoms. The number of hydrogen-bond acceptors (Lipinski definition) is 3. The summed E-state index contributed by atoms with van der Waals surface area (Å²) in [7, 11) is 1.67. The summed E-state index contributed by atoms with van der Waals surface area (Å²) < 4.78 is 5.27. The molecule has 0 radical (unpaired) electrons. The maximum absolute atomic E-state index is 13.1. The number of rotatable bonds is 8. The molecule has 1 saturated heterocycles. The van der Waals surface area contributed by atoms with Gasteiger partial charge in [-0.05, 0) is 74.0 Å². The summed E-state index contributed by atoms with van der Waals surface area (Å²) in [6, 6.07) is 16.7. The van der Waals surface area contributed by atoms with Crippen LogP contribution >= 0.6 is 0 Å². The van der Waals surface area contributed by atoms with E-state index in [0.717, 1.165) is 50.2 Å². The first-order chi connectivity index (χ1) is 14.5. The maximum atomic E-state index is 13.1. The van der Waals surface area contributed by atoms with Crippen LogP contribution in [0.1, 0.15) is 55.8 Å². The third kappa shape index (κ3) is 6.09. The molecule has 1 N–H and O–H groups in total. The predicted octanol–water partition coefficient (Wildman–Crippen LogP) is 5.12. The standard InChI is InChI=1S/C26H36N2O2/c1-19(2)17-25(21-9-11-24(30-4)12-10-21)27-26(29)22-13-15-28(16-14-22)18-23-8-6-5-7-20(23)3/h5-12,19,22,25H,13-18H2,1-4H3,(H,27,29)/t25-/m1/s1. The smallest absolute Gasteiger partial charge is 0.223 e. The first-order valence-corrected chi connectivity index (χ1v) is 11.2. The number of benzene rings is 2. The molecule has 0 bridgehead atoms. The Morgan fingerprint density at radius 1 is 1.10 bits per heavy atom. The molecule has 162 valence electrons. The number of methoxy groups -OCH3 is 1. The molecule has 0 saturated carbocycles. The molecule has 3 rings (SSSR count). The third-order valence-electron chi connectivity index (χ3n) is 6.16. The lowest BCUT2D eigenvalue weighted by Gasteiger charge is -2.32. The summed E-state index contributed by atoms with van der Waals surface area (Å²) in [6.07, 6.45) is 2.79. The molecule has 1 amide bonds. The first-order valence-electron chi connectivity index (χ1n) is 11.2. The molecule has 4 nitrogen and oxygen atoms in total. The molecule has 1 aliphatic rings. The van der Waals surface area contributed by atoms with Crippen molar-refractivity contribution >= 4 is 5.91 Å². The summed E-state index contributed by atoms with van der Waals surface area (Å²) in [5.74, 6) is 1.65. The number of carbonyl (C=O) groups excluding carboxylic acids is 1. The van der Waals surface area contributed by atoms with Crippen LogP contribution in [0.5, 0.6) is 5.75 Å². The Kier molecular flexibility index (Phi) is 7.92. The van der Waals surface area contributed by atoms with Crippen molar-refractivity contribution in [1.29, 1.82) is 0 Å². The molecular formula is C26H36N2O2. The second-order valence-electron chi connectivity index (χ2n) is 8.94. The second-order valence-corrected chi connectivity index (χ2v) is 8.94. The van der Waals surface area contributed by atoms with Gasteiger partial charge in [-0.1, -0.05) is 50.2 Å². The van der Waals surface area contributed by atoms with Crippen molar-refractivity contribution in [2.24, 2.45) is 11.8 Å². The number of nitrogens with zero attached hydrogens (tertiary/aromatic N) is 1. The number of nitrogens with one attached hydrogen (secondary N) is 1. The van der Waals surface area contributed by atoms with Crippen molar-refractivity contribution in [2.75, 3.05) is 20.2 Å². The Morgan fingerprint density at radius 2 is 1.77 bits per heavy atom. The van der Waals surface area contributed by atoms with Crippen molar-refractivity contribution in [1.82, 2.24) is 10.2 Å². The van der Waals surface area contributed by atoms with Gasteiger partial charge in [-0.2, -0.15) is 0 Å². The number of ether oxygens (including phenoxy) is 1. The van der Waals surface area contributed by atoms with Crippen molar-refractivity contribution in [3.63, 3.8) is 0 Å². The summed E-state index contributed by atoms with van der Waals surface area (Å²) >= 11 is 0. The fourth-order valence-electron chi connectivity index (χ4n) is 4.26. The molecule has 0 unspecified atom stereocenters. The van der Waals surface area contributed by atoms with Gasteiger partial charge in [-0.15, -0.1) is 0 Å². The van der Waals surface area contributed by atoms with Gasteiger partial charge in [0.05, 0.1) is 13.2 Å². The van der Waals surface area contributed by atoms with Crippen molar-refractivity contribution in [3.8, 4) is 5.75 Å². The minimum atomic E-state index is 0.0494. The van der Waals surface area contributed by atoms with E-state index in [2.05, 4.69) is 67.4 Å². The monoisotopic (exact) mass is 408 g/mol. The van der Waals surface area contributed by atoms with Gasteiger partial charge in [0.25, 0.3) is 0 Å². The van der Waals surface area contributed by atoms with E-state index in [1.54, 1.807) is 7.11 Å². The van der Waals surface area contributed by atoms with Crippen LogP contribution in [-0.4, -0.2) is 31.0 Å². The Bertz CT molecular complexity index is 808. The number of likely N-dealkylation sites (tertiary alicyclic amines) is 1. The third-order valence-corrected chi connectivity index (χ3v) is 6.16. The van der Waals surface area contributed by atoms with Crippen molar-refractivity contribution < 1.29 is 9.53 Å². The molecule has 0 aromatic heterocycles. The maximum Gasteiger partial charge on any atom is 0.223 e. The highest BCUT2D eigenvalue weighted by Crippen LogP contribution is 2.26. The normalized spacial score (nSPS) is 16.4. The average molecular weight is 409 g/mol. The van der Waals surface area contributed by atoms with Crippen LogP contribution in [0.3, 0.4) is 0 Å². The zero-order valence-electron chi connectivity index (χ0n) is 18.9. The molecule has 2 aromatic rings. The zero-order valence-corrected chi connectivity index (χ0v) is 18.9. The van der Waals surface area contributed by atoms with E-state index in [4.69, 9.17) is 4.74 Å². The van der Waals surface area contributed by atoms with Gasteiger partial charge in [0.2, 0.25) is 5.91 Å². The van der Waals surface area contributed by atoms with E-state index in [9.17, 15) is 4.79 Å². The highest BCUT2D eigenvalue weighted by molar-refractivity contribution is 5.79. The Morgan fingerprint density at radius 3 is 2.37 bits per heavy atom. The predicted molar refractivity (Wildman–Crippen MR) is 123 cm³/mol. The summed E-state index contributed by atoms with van der Waals surface area (Å²) in [5, 5.41) is 3.35. The highest BCUT2D eigenvalue weighted by Gasteiger charge is 2.27. The molecule has 1 atom stereocenters. The van der Waals surface area contributed by atoms with Gasteiger partial charge in [0.1, 0.15) is 5.75 Å². The minimum Gasteiger partial charge on any atom is -0.497 e. The van der Waals surface area contributed by atoms with Gasteiger partial charge in [-0.3, -0.25) is 9.69 Å². The van der Waals surface area contributed by atoms with Crippen LogP contribution in [0, 0.1) is 18.8 Å². The van der Waals surface area contributed by atoms with Crippen LogP contribution in [0.4, 0.5) is 0 Å². The Labute approximate surface area is 181 Å². The molecular weight excluding hydrogens is 372 g/mol. The van der Waals surface area contributed by atoms with Crippen LogP contribution in [0.2, 0.25) is 0 Å². The first kappa shape index (κ1) is 22.4. The Balaban J connectivity index is 1.56. The largest absolute Gasteiger partial charge is 0.497 e. The van der Waals surface area contributed by atoms with E-state index in [1.165, 1.54) is 11.1 Å². The Hall–Kier alpha value is -2.33. The second kappa shape index (κ2) is 10.6. The molecule has 4 heteroatoms. The number of hydrogen-bond donors (Lipinski definition) is 1. The van der Waals surface area contributed by atoms with E-state index in [-0.39, 0.29) is 17.9 Å². The van der Waals surface area contributed by atoms with Crippen molar-refractivity contribution in [2.45, 2.75) is 52.6 Å². The van der Waals surface area contributed by atoms with Crippen LogP contribution in [0.25, 0.3) is 0 Å². The molecule has 1 fully saturated rings. The van der Waals surface area contributed by atoms with Crippen LogP contribution in [0.15, 0.2) is 48.5 Å². The van der Waals surface area contributed by atoms with Gasteiger partial charge < -0.3 is 10.1 Å². The summed E-state index contributed by atoms with van der Waals surface area (Å²) in [6.45, 7) is 9.50. The number of aryl methyl sites for hydroxylation is 1. The highest BCUT2D eigenvalue weighted by atomic mass is 16.5. The topological polar surface area (TPSA) is 41.6 Å². The molecule has 0 aliphatic carbocycles. The molecule has 2 aromatic carbocycles. The minimum absolute atomic E-state index is 0.0494. The van der Waals surface area contributed by atoms with Crippen molar-refractivity contribution in [3.05, 3.63) is 65.2 Å². The van der Waals surface area contributed by atoms with Crippen LogP contribution in [-0.2, 0) is 11.3 Å². The SMILES string of the molecule is COc1ccc([C@@H](CC(C)C)NC(=O)C2CCN(Cc3ccccc3C)CC2)cc1. The lowest BCUT2D eigenvalue weighted by Crippen LogP contribution is -2.41. The van der Waals surface area contributed by atoms with Gasteiger partial charge >= 0.3 is 0 Å². The molecule has 1 aliphatic heterocycles. The van der Waals surface area contributed by atoms with E-state index in [0.29, 0.717) is 5.92 Å². The van der Waals surface area contributed by atoms with Crippen LogP contribution < -0.4 is 10.1 Å². The fourth-order valence-corrected chi connectivity index (χ4v) is 4.26. The lowest BCUT2D eigenvalue weighted by molar-refractivity contribution is -0.127. The van der Waals surface area contributed by atoms with E-state index < -0.39 is 0 Å². The van der Waals surface area contributed by atoms with Gasteiger partial charge in [0, 0.05) is 12.5 Å². The average Bonchev–Trinajstić information content (AvgIpc) is 2.75. The van der Waals surface area contributed by atoms with E-state index in [1.807, 2.05) is 12.1 Å². The number of amides is 1.